The smallest absolute Gasteiger partial charge is 0.343 e. The van der Waals surface area contributed by atoms with Gasteiger partial charge in [-0.25, -0.2) is 4.79 Å². The number of aryl methyl sites for hydroxylation is 1. The molecule has 0 bridgehead atoms. The van der Waals surface area contributed by atoms with Gasteiger partial charge in [-0.3, -0.25) is 9.59 Å². The van der Waals surface area contributed by atoms with Crippen molar-refractivity contribution < 1.29 is 23.9 Å². The first-order valence-corrected chi connectivity index (χ1v) is 12.1. The Kier molecular flexibility index (Phi) is 11.4. The van der Waals surface area contributed by atoms with Crippen molar-refractivity contribution in [2.75, 3.05) is 0 Å². The Morgan fingerprint density at radius 1 is 0.758 bits per heavy atom. The molecule has 0 aliphatic rings. The van der Waals surface area contributed by atoms with Crippen molar-refractivity contribution in [3.8, 4) is 5.75 Å². The molecule has 2 aromatic rings. The number of Topliss-reactive ketones (excluding diaryl/α,β-unsaturated/α-hetero) is 1. The Bertz CT molecular complexity index is 884. The zero-order chi connectivity index (χ0) is 24.1. The first-order valence-electron chi connectivity index (χ1n) is 12.1. The second-order valence-corrected chi connectivity index (χ2v) is 8.37. The number of ether oxygens (including phenoxy) is 2. The zero-order valence-electron chi connectivity index (χ0n) is 20.1. The highest BCUT2D eigenvalue weighted by atomic mass is 16.5. The van der Waals surface area contributed by atoms with Crippen LogP contribution in [0.25, 0.3) is 0 Å². The van der Waals surface area contributed by atoms with E-state index < -0.39 is 12.1 Å². The van der Waals surface area contributed by atoms with Crippen molar-refractivity contribution >= 4 is 17.7 Å². The number of rotatable bonds is 14. The van der Waals surface area contributed by atoms with Gasteiger partial charge in [-0.05, 0) is 68.1 Å². The van der Waals surface area contributed by atoms with Gasteiger partial charge in [0, 0.05) is 12.0 Å². The molecule has 1 unspecified atom stereocenters. The molecule has 0 heterocycles. The maximum Gasteiger partial charge on any atom is 0.343 e. The van der Waals surface area contributed by atoms with Gasteiger partial charge >= 0.3 is 11.9 Å². The second kappa shape index (κ2) is 14.2. The van der Waals surface area contributed by atoms with Crippen LogP contribution in [-0.4, -0.2) is 23.8 Å². The van der Waals surface area contributed by atoms with E-state index in [1.54, 1.807) is 43.3 Å². The summed E-state index contributed by atoms with van der Waals surface area (Å²) < 4.78 is 10.7. The van der Waals surface area contributed by atoms with E-state index in [1.165, 1.54) is 24.8 Å². The summed E-state index contributed by atoms with van der Waals surface area (Å²) in [7, 11) is 0. The van der Waals surface area contributed by atoms with E-state index in [0.717, 1.165) is 32.1 Å². The van der Waals surface area contributed by atoms with Gasteiger partial charge in [-0.15, -0.1) is 0 Å². The molecule has 1 atom stereocenters. The van der Waals surface area contributed by atoms with Crippen LogP contribution in [0.5, 0.6) is 5.75 Å². The number of ketones is 1. The molecule has 0 aliphatic carbocycles. The van der Waals surface area contributed by atoms with E-state index in [1.807, 2.05) is 12.1 Å². The number of unbranched alkanes of at least 4 members (excludes halogenated alkanes) is 5. The zero-order valence-corrected chi connectivity index (χ0v) is 20.1. The maximum absolute atomic E-state index is 12.5. The Morgan fingerprint density at radius 3 is 2.00 bits per heavy atom. The average molecular weight is 453 g/mol. The molecular formula is C28H36O5. The fraction of sp³-hybridized carbons (Fsp3) is 0.464. The standard InChI is InChI=1S/C28H36O5/c1-4-6-8-10-11-22-13-15-24(16-14-22)28(31)33-25-19-17-23(18-20-25)27(30)21(3)32-26(29)12-9-7-5-2/h13-21H,4-12H2,1-3H3. The number of hydrogen-bond acceptors (Lipinski definition) is 5. The topological polar surface area (TPSA) is 69.7 Å². The van der Waals surface area contributed by atoms with Crippen LogP contribution in [0.4, 0.5) is 0 Å². The van der Waals surface area contributed by atoms with E-state index in [-0.39, 0.29) is 11.8 Å². The molecule has 0 spiro atoms. The van der Waals surface area contributed by atoms with Crippen LogP contribution in [-0.2, 0) is 16.0 Å². The van der Waals surface area contributed by atoms with Crippen molar-refractivity contribution in [1.29, 1.82) is 0 Å². The van der Waals surface area contributed by atoms with Gasteiger partial charge in [-0.1, -0.05) is 58.1 Å². The highest BCUT2D eigenvalue weighted by molar-refractivity contribution is 6.00. The molecule has 0 N–H and O–H groups in total. The molecule has 5 heteroatoms. The molecule has 2 rings (SSSR count). The van der Waals surface area contributed by atoms with Gasteiger partial charge in [0.2, 0.25) is 5.78 Å². The SMILES string of the molecule is CCCCCCc1ccc(C(=O)Oc2ccc(C(=O)C(C)OC(=O)CCCCC)cc2)cc1. The first kappa shape index (κ1) is 26.3. The summed E-state index contributed by atoms with van der Waals surface area (Å²) in [5.41, 5.74) is 2.10. The first-order chi connectivity index (χ1) is 15.9. The summed E-state index contributed by atoms with van der Waals surface area (Å²) in [5.74, 6) is -0.738. The highest BCUT2D eigenvalue weighted by Crippen LogP contribution is 2.17. The van der Waals surface area contributed by atoms with Crippen molar-refractivity contribution in [3.05, 3.63) is 65.2 Å². The van der Waals surface area contributed by atoms with Crippen molar-refractivity contribution in [2.24, 2.45) is 0 Å². The lowest BCUT2D eigenvalue weighted by Gasteiger charge is -2.12. The van der Waals surface area contributed by atoms with Crippen LogP contribution in [0.2, 0.25) is 0 Å². The van der Waals surface area contributed by atoms with E-state index >= 15 is 0 Å². The number of benzene rings is 2. The van der Waals surface area contributed by atoms with E-state index in [4.69, 9.17) is 9.47 Å². The minimum atomic E-state index is -0.854. The van der Waals surface area contributed by atoms with Crippen molar-refractivity contribution in [1.82, 2.24) is 0 Å². The number of carbonyl (C=O) groups excluding carboxylic acids is 3. The van der Waals surface area contributed by atoms with Gasteiger partial charge in [0.1, 0.15) is 5.75 Å². The number of carbonyl (C=O) groups is 3. The third-order valence-corrected chi connectivity index (χ3v) is 5.52. The molecule has 0 aromatic heterocycles. The predicted molar refractivity (Wildman–Crippen MR) is 130 cm³/mol. The molecule has 5 nitrogen and oxygen atoms in total. The summed E-state index contributed by atoms with van der Waals surface area (Å²) in [6.07, 6.45) is 8.05. The minimum Gasteiger partial charge on any atom is -0.454 e. The maximum atomic E-state index is 12.5. The van der Waals surface area contributed by atoms with Gasteiger partial charge in [0.05, 0.1) is 5.56 Å². The summed E-state index contributed by atoms with van der Waals surface area (Å²) in [4.78, 5) is 36.8. The normalized spacial score (nSPS) is 11.6. The number of esters is 2. The monoisotopic (exact) mass is 452 g/mol. The van der Waals surface area contributed by atoms with Crippen molar-refractivity contribution in [3.63, 3.8) is 0 Å². The minimum absolute atomic E-state index is 0.286. The van der Waals surface area contributed by atoms with Crippen LogP contribution in [0.15, 0.2) is 48.5 Å². The van der Waals surface area contributed by atoms with Crippen LogP contribution in [0.1, 0.15) is 98.4 Å². The number of hydrogen-bond donors (Lipinski definition) is 0. The van der Waals surface area contributed by atoms with Gasteiger partial charge in [0.25, 0.3) is 0 Å². The fourth-order valence-corrected chi connectivity index (χ4v) is 3.48. The molecule has 2 aromatic carbocycles. The molecule has 33 heavy (non-hydrogen) atoms. The molecule has 178 valence electrons. The summed E-state index contributed by atoms with van der Waals surface area (Å²) in [6.45, 7) is 5.82. The lowest BCUT2D eigenvalue weighted by atomic mass is 10.0. The highest BCUT2D eigenvalue weighted by Gasteiger charge is 2.19. The summed E-state index contributed by atoms with van der Waals surface area (Å²) in [5, 5.41) is 0. The molecule has 0 saturated carbocycles. The molecule has 0 saturated heterocycles. The van der Waals surface area contributed by atoms with Gasteiger partial charge < -0.3 is 9.47 Å². The Hall–Kier alpha value is -2.95. The quantitative estimate of drug-likeness (QED) is 0.138. The molecule has 0 amide bonds. The third-order valence-electron chi connectivity index (χ3n) is 5.52. The Morgan fingerprint density at radius 2 is 1.36 bits per heavy atom. The summed E-state index contributed by atoms with van der Waals surface area (Å²) >= 11 is 0. The predicted octanol–water partition coefficient (Wildman–Crippen LogP) is 6.72. The third kappa shape index (κ3) is 9.21. The molecular weight excluding hydrogens is 416 g/mol. The summed E-state index contributed by atoms with van der Waals surface area (Å²) in [6, 6.07) is 13.8. The average Bonchev–Trinajstić information content (AvgIpc) is 2.82. The van der Waals surface area contributed by atoms with Crippen molar-refractivity contribution in [2.45, 2.75) is 84.7 Å². The van der Waals surface area contributed by atoms with Crippen LogP contribution < -0.4 is 4.74 Å². The van der Waals surface area contributed by atoms with Gasteiger partial charge in [0.15, 0.2) is 6.10 Å². The molecule has 0 aliphatic heterocycles. The van der Waals surface area contributed by atoms with Crippen LogP contribution in [0.3, 0.4) is 0 Å². The molecule has 0 fully saturated rings. The molecule has 0 radical (unpaired) electrons. The lowest BCUT2D eigenvalue weighted by molar-refractivity contribution is -0.146. The second-order valence-electron chi connectivity index (χ2n) is 8.37. The Labute approximate surface area is 197 Å². The van der Waals surface area contributed by atoms with Crippen LogP contribution in [0, 0.1) is 0 Å². The van der Waals surface area contributed by atoms with Crippen LogP contribution >= 0.6 is 0 Å². The van der Waals surface area contributed by atoms with Gasteiger partial charge in [-0.2, -0.15) is 0 Å². The lowest BCUT2D eigenvalue weighted by Crippen LogP contribution is -2.24. The largest absolute Gasteiger partial charge is 0.454 e. The van der Waals surface area contributed by atoms with E-state index in [9.17, 15) is 14.4 Å². The Balaban J connectivity index is 1.86. The fourth-order valence-electron chi connectivity index (χ4n) is 3.48. The van der Waals surface area contributed by atoms with E-state index in [0.29, 0.717) is 23.3 Å². The van der Waals surface area contributed by atoms with E-state index in [2.05, 4.69) is 13.8 Å².